The standard InChI is InChI=1S/C10H17F3N2O2S.ClH/c11-10(12,13)8-2-5-15(6-3-8)18(16,17)9-1-4-14-7-9;/h8-9,14H,1-7H2;1H. The predicted octanol–water partition coefficient (Wildman–Crippen LogP) is 1.37. The van der Waals surface area contributed by atoms with Gasteiger partial charge in [0.05, 0.1) is 11.2 Å². The third-order valence-electron chi connectivity index (χ3n) is 3.71. The molecule has 0 saturated carbocycles. The van der Waals surface area contributed by atoms with E-state index >= 15 is 0 Å². The van der Waals surface area contributed by atoms with Crippen LogP contribution >= 0.6 is 12.4 Å². The van der Waals surface area contributed by atoms with Crippen molar-refractivity contribution in [3.8, 4) is 0 Å². The van der Waals surface area contributed by atoms with Crippen LogP contribution in [0.15, 0.2) is 0 Å². The molecule has 0 aliphatic carbocycles. The van der Waals surface area contributed by atoms with E-state index in [4.69, 9.17) is 0 Å². The Hall–Kier alpha value is -0.0500. The lowest BCUT2D eigenvalue weighted by Crippen LogP contribution is -2.46. The van der Waals surface area contributed by atoms with E-state index in [1.165, 1.54) is 4.31 Å². The van der Waals surface area contributed by atoms with Crippen molar-refractivity contribution in [3.05, 3.63) is 0 Å². The van der Waals surface area contributed by atoms with E-state index in [1.54, 1.807) is 0 Å². The van der Waals surface area contributed by atoms with Gasteiger partial charge in [-0.15, -0.1) is 12.4 Å². The summed E-state index contributed by atoms with van der Waals surface area (Å²) in [5.41, 5.74) is 0. The summed E-state index contributed by atoms with van der Waals surface area (Å²) in [6, 6.07) is 0. The van der Waals surface area contributed by atoms with Crippen LogP contribution < -0.4 is 5.32 Å². The molecule has 114 valence electrons. The molecule has 2 fully saturated rings. The first-order valence-corrected chi connectivity index (χ1v) is 7.58. The summed E-state index contributed by atoms with van der Waals surface area (Å²) in [6.45, 7) is 1.04. The van der Waals surface area contributed by atoms with Gasteiger partial charge in [0.25, 0.3) is 0 Å². The van der Waals surface area contributed by atoms with E-state index in [0.29, 0.717) is 19.5 Å². The van der Waals surface area contributed by atoms with Crippen molar-refractivity contribution in [2.75, 3.05) is 26.2 Å². The fraction of sp³-hybridized carbons (Fsp3) is 1.00. The van der Waals surface area contributed by atoms with Gasteiger partial charge in [0.1, 0.15) is 0 Å². The topological polar surface area (TPSA) is 49.4 Å². The number of rotatable bonds is 2. The van der Waals surface area contributed by atoms with E-state index in [9.17, 15) is 21.6 Å². The van der Waals surface area contributed by atoms with Crippen molar-refractivity contribution in [2.24, 2.45) is 5.92 Å². The zero-order valence-corrected chi connectivity index (χ0v) is 12.0. The molecule has 19 heavy (non-hydrogen) atoms. The third kappa shape index (κ3) is 3.74. The van der Waals surface area contributed by atoms with E-state index in [1.807, 2.05) is 0 Å². The van der Waals surface area contributed by atoms with Crippen LogP contribution in [-0.4, -0.2) is 50.3 Å². The van der Waals surface area contributed by atoms with Gasteiger partial charge in [-0.05, 0) is 25.8 Å². The van der Waals surface area contributed by atoms with Crippen LogP contribution in [0.25, 0.3) is 0 Å². The Morgan fingerprint density at radius 3 is 2.11 bits per heavy atom. The van der Waals surface area contributed by atoms with Gasteiger partial charge >= 0.3 is 6.18 Å². The molecule has 0 aromatic rings. The maximum atomic E-state index is 12.5. The van der Waals surface area contributed by atoms with Crippen molar-refractivity contribution in [1.82, 2.24) is 9.62 Å². The Morgan fingerprint density at radius 2 is 1.68 bits per heavy atom. The molecule has 1 N–H and O–H groups in total. The SMILES string of the molecule is Cl.O=S(=O)(C1CCNC1)N1CCC(C(F)(F)F)CC1. The first-order valence-electron chi connectivity index (χ1n) is 6.08. The third-order valence-corrected chi connectivity index (χ3v) is 6.04. The summed E-state index contributed by atoms with van der Waals surface area (Å²) in [4.78, 5) is 0. The summed E-state index contributed by atoms with van der Waals surface area (Å²) in [5.74, 6) is -1.36. The largest absolute Gasteiger partial charge is 0.391 e. The number of nitrogens with zero attached hydrogens (tertiary/aromatic N) is 1. The average molecular weight is 323 g/mol. The molecule has 2 rings (SSSR count). The zero-order valence-electron chi connectivity index (χ0n) is 10.3. The number of hydrogen-bond donors (Lipinski definition) is 1. The molecule has 2 aliphatic heterocycles. The summed E-state index contributed by atoms with van der Waals surface area (Å²) < 4.78 is 63.0. The molecule has 2 saturated heterocycles. The maximum absolute atomic E-state index is 12.5. The molecule has 0 aromatic carbocycles. The van der Waals surface area contributed by atoms with Crippen molar-refractivity contribution >= 4 is 22.4 Å². The number of alkyl halides is 3. The van der Waals surface area contributed by atoms with Crippen molar-refractivity contribution in [3.63, 3.8) is 0 Å². The summed E-state index contributed by atoms with van der Waals surface area (Å²) in [6.07, 6.45) is -3.90. The van der Waals surface area contributed by atoms with Gasteiger partial charge in [-0.25, -0.2) is 12.7 Å². The van der Waals surface area contributed by atoms with Crippen LogP contribution in [0.3, 0.4) is 0 Å². The van der Waals surface area contributed by atoms with Crippen LogP contribution in [-0.2, 0) is 10.0 Å². The first-order chi connectivity index (χ1) is 8.32. The summed E-state index contributed by atoms with van der Waals surface area (Å²) >= 11 is 0. The molecular weight excluding hydrogens is 305 g/mol. The van der Waals surface area contributed by atoms with E-state index in [2.05, 4.69) is 5.32 Å². The second kappa shape index (κ2) is 6.15. The lowest BCUT2D eigenvalue weighted by Gasteiger charge is -2.33. The molecule has 4 nitrogen and oxygen atoms in total. The highest BCUT2D eigenvalue weighted by Crippen LogP contribution is 2.35. The molecule has 1 atom stereocenters. The highest BCUT2D eigenvalue weighted by Gasteiger charge is 2.44. The Morgan fingerprint density at radius 1 is 1.11 bits per heavy atom. The van der Waals surface area contributed by atoms with Gasteiger partial charge in [0, 0.05) is 19.6 Å². The smallest absolute Gasteiger partial charge is 0.315 e. The molecule has 0 bridgehead atoms. The molecule has 1 unspecified atom stereocenters. The number of sulfonamides is 1. The second-order valence-corrected chi connectivity index (χ2v) is 7.09. The van der Waals surface area contributed by atoms with E-state index in [0.717, 1.165) is 0 Å². The first kappa shape index (κ1) is 17.0. The Balaban J connectivity index is 0.00000180. The van der Waals surface area contributed by atoms with Gasteiger partial charge in [0.15, 0.2) is 0 Å². The predicted molar refractivity (Wildman–Crippen MR) is 67.8 cm³/mol. The molecule has 9 heteroatoms. The number of halogens is 4. The minimum absolute atomic E-state index is 0. The van der Waals surface area contributed by atoms with Gasteiger partial charge in [-0.2, -0.15) is 13.2 Å². The number of piperidine rings is 1. The van der Waals surface area contributed by atoms with Gasteiger partial charge in [-0.1, -0.05) is 0 Å². The van der Waals surface area contributed by atoms with Gasteiger partial charge in [-0.3, -0.25) is 0 Å². The minimum Gasteiger partial charge on any atom is -0.315 e. The van der Waals surface area contributed by atoms with Crippen molar-refractivity contribution < 1.29 is 21.6 Å². The lowest BCUT2D eigenvalue weighted by atomic mass is 9.98. The van der Waals surface area contributed by atoms with Crippen LogP contribution in [0.4, 0.5) is 13.2 Å². The van der Waals surface area contributed by atoms with Gasteiger partial charge in [0.2, 0.25) is 10.0 Å². The quantitative estimate of drug-likeness (QED) is 0.835. The molecule has 0 aromatic heterocycles. The fourth-order valence-electron chi connectivity index (χ4n) is 2.53. The minimum atomic E-state index is -4.20. The van der Waals surface area contributed by atoms with Crippen LogP contribution in [0, 0.1) is 5.92 Å². The zero-order chi connectivity index (χ0) is 13.4. The Bertz CT molecular complexity index is 388. The van der Waals surface area contributed by atoms with Gasteiger partial charge < -0.3 is 5.32 Å². The van der Waals surface area contributed by atoms with Crippen LogP contribution in [0.1, 0.15) is 19.3 Å². The highest BCUT2D eigenvalue weighted by molar-refractivity contribution is 7.89. The van der Waals surface area contributed by atoms with E-state index < -0.39 is 27.4 Å². The maximum Gasteiger partial charge on any atom is 0.391 e. The van der Waals surface area contributed by atoms with Crippen molar-refractivity contribution in [1.29, 1.82) is 0 Å². The normalized spacial score (nSPS) is 27.2. The summed E-state index contributed by atoms with van der Waals surface area (Å²) in [5, 5.41) is 2.49. The second-order valence-electron chi connectivity index (χ2n) is 4.87. The Kier molecular flexibility index (Phi) is 5.51. The average Bonchev–Trinajstić information content (AvgIpc) is 2.82. The molecule has 2 heterocycles. The summed E-state index contributed by atoms with van der Waals surface area (Å²) in [7, 11) is -3.43. The molecule has 0 radical (unpaired) electrons. The number of nitrogens with one attached hydrogen (secondary N) is 1. The van der Waals surface area contributed by atoms with E-state index in [-0.39, 0.29) is 38.3 Å². The number of hydrogen-bond acceptors (Lipinski definition) is 3. The van der Waals surface area contributed by atoms with Crippen molar-refractivity contribution in [2.45, 2.75) is 30.7 Å². The molecule has 0 spiro atoms. The molecule has 2 aliphatic rings. The highest BCUT2D eigenvalue weighted by atomic mass is 35.5. The molecular formula is C10H18ClF3N2O2S. The fourth-order valence-corrected chi connectivity index (χ4v) is 4.42. The molecule has 0 amide bonds. The van der Waals surface area contributed by atoms with Crippen LogP contribution in [0.5, 0.6) is 0 Å². The Labute approximate surface area is 117 Å². The lowest BCUT2D eigenvalue weighted by molar-refractivity contribution is -0.182. The monoisotopic (exact) mass is 322 g/mol. The van der Waals surface area contributed by atoms with Crippen LogP contribution in [0.2, 0.25) is 0 Å².